The van der Waals surface area contributed by atoms with Crippen LogP contribution in [-0.2, 0) is 11.3 Å². The molecule has 0 amide bonds. The molecule has 1 aliphatic rings. The van der Waals surface area contributed by atoms with Crippen LogP contribution in [0.3, 0.4) is 0 Å². The predicted octanol–water partition coefficient (Wildman–Crippen LogP) is 2.16. The minimum absolute atomic E-state index is 0.338. The number of hydrogen-bond acceptors (Lipinski definition) is 7. The maximum Gasteiger partial charge on any atom is 0.227 e. The van der Waals surface area contributed by atoms with E-state index in [0.29, 0.717) is 18.5 Å². The van der Waals surface area contributed by atoms with Gasteiger partial charge in [-0.2, -0.15) is 4.98 Å². The first-order chi connectivity index (χ1) is 10.3. The van der Waals surface area contributed by atoms with E-state index in [9.17, 15) is 0 Å². The van der Waals surface area contributed by atoms with Gasteiger partial charge in [-0.3, -0.25) is 0 Å². The largest absolute Gasteiger partial charge is 0.379 e. The summed E-state index contributed by atoms with van der Waals surface area (Å²) in [5.74, 6) is 1.55. The van der Waals surface area contributed by atoms with Crippen LogP contribution in [0, 0.1) is 0 Å². The Labute approximate surface area is 128 Å². The molecule has 112 valence electrons. The first-order valence-corrected chi connectivity index (χ1v) is 8.01. The van der Waals surface area contributed by atoms with Crippen LogP contribution in [0.25, 0.3) is 0 Å². The van der Waals surface area contributed by atoms with Crippen molar-refractivity contribution in [3.8, 4) is 0 Å². The highest BCUT2D eigenvalue weighted by molar-refractivity contribution is 7.07. The molecule has 1 aliphatic heterocycles. The van der Waals surface area contributed by atoms with Gasteiger partial charge < -0.3 is 15.0 Å². The standard InChI is InChI=1S/C14H19N5OS/c1-19(7-12-9-21-10-16-12)14-15-5-4-13(18-14)17-11-3-2-6-20-8-11/h4-5,9-11H,2-3,6-8H2,1H3,(H,15,17,18)/t11-/m0/s1. The number of thiazole rings is 1. The van der Waals surface area contributed by atoms with Crippen molar-refractivity contribution in [1.82, 2.24) is 15.0 Å². The fraction of sp³-hybridized carbons (Fsp3) is 0.500. The lowest BCUT2D eigenvalue weighted by molar-refractivity contribution is 0.0875. The highest BCUT2D eigenvalue weighted by atomic mass is 32.1. The quantitative estimate of drug-likeness (QED) is 0.913. The van der Waals surface area contributed by atoms with Gasteiger partial charge in [-0.25, -0.2) is 9.97 Å². The normalized spacial score (nSPS) is 18.4. The molecule has 0 spiro atoms. The highest BCUT2D eigenvalue weighted by Gasteiger charge is 2.15. The zero-order chi connectivity index (χ0) is 14.5. The summed E-state index contributed by atoms with van der Waals surface area (Å²) in [6.45, 7) is 2.32. The van der Waals surface area contributed by atoms with Crippen molar-refractivity contribution in [3.05, 3.63) is 28.8 Å². The van der Waals surface area contributed by atoms with Crippen molar-refractivity contribution in [2.75, 3.05) is 30.5 Å². The Balaban J connectivity index is 1.64. The number of hydrogen-bond donors (Lipinski definition) is 1. The van der Waals surface area contributed by atoms with Gasteiger partial charge in [0.2, 0.25) is 5.95 Å². The highest BCUT2D eigenvalue weighted by Crippen LogP contribution is 2.16. The molecule has 1 N–H and O–H groups in total. The molecule has 3 rings (SSSR count). The molecule has 0 aromatic carbocycles. The molecule has 6 nitrogen and oxygen atoms in total. The van der Waals surface area contributed by atoms with Crippen LogP contribution in [0.15, 0.2) is 23.2 Å². The van der Waals surface area contributed by atoms with Gasteiger partial charge in [0.15, 0.2) is 0 Å². The van der Waals surface area contributed by atoms with Gasteiger partial charge in [-0.05, 0) is 18.9 Å². The second-order valence-corrected chi connectivity index (χ2v) is 5.85. The van der Waals surface area contributed by atoms with E-state index in [2.05, 4.69) is 20.3 Å². The molecule has 0 aliphatic carbocycles. The van der Waals surface area contributed by atoms with Crippen molar-refractivity contribution in [1.29, 1.82) is 0 Å². The van der Waals surface area contributed by atoms with Gasteiger partial charge in [0.25, 0.3) is 0 Å². The van der Waals surface area contributed by atoms with Crippen LogP contribution >= 0.6 is 11.3 Å². The zero-order valence-electron chi connectivity index (χ0n) is 12.0. The molecule has 2 aromatic rings. The number of rotatable bonds is 5. The number of anilines is 2. The average Bonchev–Trinajstić information content (AvgIpc) is 3.01. The second-order valence-electron chi connectivity index (χ2n) is 5.14. The topological polar surface area (TPSA) is 63.2 Å². The van der Waals surface area contributed by atoms with Crippen molar-refractivity contribution in [2.45, 2.75) is 25.4 Å². The van der Waals surface area contributed by atoms with Crippen LogP contribution in [-0.4, -0.2) is 41.3 Å². The van der Waals surface area contributed by atoms with Crippen LogP contribution in [0.4, 0.5) is 11.8 Å². The van der Waals surface area contributed by atoms with E-state index in [-0.39, 0.29) is 0 Å². The lowest BCUT2D eigenvalue weighted by Crippen LogP contribution is -2.30. The number of nitrogens with one attached hydrogen (secondary N) is 1. The van der Waals surface area contributed by atoms with Gasteiger partial charge in [0.1, 0.15) is 5.82 Å². The second kappa shape index (κ2) is 6.82. The van der Waals surface area contributed by atoms with E-state index in [1.807, 2.05) is 28.9 Å². The van der Waals surface area contributed by atoms with Crippen LogP contribution in [0.2, 0.25) is 0 Å². The Morgan fingerprint density at radius 3 is 3.19 bits per heavy atom. The Morgan fingerprint density at radius 1 is 1.48 bits per heavy atom. The van der Waals surface area contributed by atoms with Crippen molar-refractivity contribution in [3.63, 3.8) is 0 Å². The molecule has 2 aromatic heterocycles. The maximum absolute atomic E-state index is 5.48. The average molecular weight is 305 g/mol. The van der Waals surface area contributed by atoms with Gasteiger partial charge in [0, 0.05) is 25.2 Å². The minimum atomic E-state index is 0.338. The van der Waals surface area contributed by atoms with Gasteiger partial charge in [-0.1, -0.05) is 0 Å². The Bertz CT molecular complexity index is 556. The summed E-state index contributed by atoms with van der Waals surface area (Å²) in [6.07, 6.45) is 4.00. The maximum atomic E-state index is 5.48. The third-order valence-electron chi connectivity index (χ3n) is 3.38. The molecule has 1 fully saturated rings. The molecule has 21 heavy (non-hydrogen) atoms. The molecule has 1 saturated heterocycles. The zero-order valence-corrected chi connectivity index (χ0v) is 12.8. The summed E-state index contributed by atoms with van der Waals surface area (Å²) < 4.78 is 5.48. The molecule has 3 heterocycles. The van der Waals surface area contributed by atoms with Gasteiger partial charge in [-0.15, -0.1) is 11.3 Å². The van der Waals surface area contributed by atoms with Crippen LogP contribution < -0.4 is 10.2 Å². The van der Waals surface area contributed by atoms with Crippen molar-refractivity contribution < 1.29 is 4.74 Å². The SMILES string of the molecule is CN(Cc1cscn1)c1nccc(N[C@H]2CCCOC2)n1. The fourth-order valence-electron chi connectivity index (χ4n) is 2.31. The summed E-state index contributed by atoms with van der Waals surface area (Å²) in [5, 5.41) is 5.46. The first-order valence-electron chi connectivity index (χ1n) is 7.07. The summed E-state index contributed by atoms with van der Waals surface area (Å²) in [7, 11) is 1.97. The van der Waals surface area contributed by atoms with E-state index in [0.717, 1.165) is 37.6 Å². The third-order valence-corrected chi connectivity index (χ3v) is 4.01. The van der Waals surface area contributed by atoms with Crippen LogP contribution in [0.5, 0.6) is 0 Å². The van der Waals surface area contributed by atoms with E-state index >= 15 is 0 Å². The van der Waals surface area contributed by atoms with E-state index in [4.69, 9.17) is 4.74 Å². The van der Waals surface area contributed by atoms with Gasteiger partial charge >= 0.3 is 0 Å². The Hall–Kier alpha value is -1.73. The van der Waals surface area contributed by atoms with Crippen molar-refractivity contribution in [2.24, 2.45) is 0 Å². The van der Waals surface area contributed by atoms with Gasteiger partial charge in [0.05, 0.1) is 30.4 Å². The summed E-state index contributed by atoms with van der Waals surface area (Å²) in [6, 6.07) is 2.24. The molecular weight excluding hydrogens is 286 g/mol. The molecule has 0 radical (unpaired) electrons. The molecular formula is C14H19N5OS. The Kier molecular flexibility index (Phi) is 4.62. The molecule has 7 heteroatoms. The molecule has 1 atom stereocenters. The number of nitrogens with zero attached hydrogens (tertiary/aromatic N) is 4. The lowest BCUT2D eigenvalue weighted by Gasteiger charge is -2.24. The summed E-state index contributed by atoms with van der Waals surface area (Å²) >= 11 is 1.60. The summed E-state index contributed by atoms with van der Waals surface area (Å²) in [4.78, 5) is 15.2. The van der Waals surface area contributed by atoms with Crippen LogP contribution in [0.1, 0.15) is 18.5 Å². The van der Waals surface area contributed by atoms with Crippen molar-refractivity contribution >= 4 is 23.1 Å². The predicted molar refractivity (Wildman–Crippen MR) is 83.7 cm³/mol. The molecule has 0 bridgehead atoms. The minimum Gasteiger partial charge on any atom is -0.379 e. The third kappa shape index (κ3) is 3.89. The number of ether oxygens (including phenoxy) is 1. The van der Waals surface area contributed by atoms with E-state index in [1.165, 1.54) is 0 Å². The monoisotopic (exact) mass is 305 g/mol. The lowest BCUT2D eigenvalue weighted by atomic mass is 10.1. The Morgan fingerprint density at radius 2 is 2.43 bits per heavy atom. The fourth-order valence-corrected chi connectivity index (χ4v) is 2.86. The number of aromatic nitrogens is 3. The molecule has 0 unspecified atom stereocenters. The van der Waals surface area contributed by atoms with E-state index < -0.39 is 0 Å². The smallest absolute Gasteiger partial charge is 0.227 e. The van der Waals surface area contributed by atoms with E-state index in [1.54, 1.807) is 17.5 Å². The summed E-state index contributed by atoms with van der Waals surface area (Å²) in [5.41, 5.74) is 2.87. The first kappa shape index (κ1) is 14.2. The molecule has 0 saturated carbocycles.